The monoisotopic (exact) mass is 315 g/mol. The molecule has 0 aliphatic heterocycles. The van der Waals surface area contributed by atoms with Gasteiger partial charge >= 0.3 is 0 Å². The van der Waals surface area contributed by atoms with E-state index in [9.17, 15) is 5.11 Å². The number of ether oxygens (including phenoxy) is 2. The van der Waals surface area contributed by atoms with Crippen molar-refractivity contribution in [2.45, 2.75) is 26.8 Å². The Labute approximate surface area is 132 Å². The van der Waals surface area contributed by atoms with Crippen LogP contribution in [-0.4, -0.2) is 49.5 Å². The second-order valence-corrected chi connectivity index (χ2v) is 5.25. The van der Waals surface area contributed by atoms with Crippen LogP contribution in [0.2, 0.25) is 5.02 Å². The van der Waals surface area contributed by atoms with Gasteiger partial charge in [-0.2, -0.15) is 0 Å². The lowest BCUT2D eigenvalue weighted by molar-refractivity contribution is 0.0656. The summed E-state index contributed by atoms with van der Waals surface area (Å²) in [6.07, 6.45) is 0. The van der Waals surface area contributed by atoms with Crippen LogP contribution in [0, 0.1) is 0 Å². The lowest BCUT2D eigenvalue weighted by Crippen LogP contribution is -2.33. The Morgan fingerprint density at radius 3 is 2.24 bits per heavy atom. The van der Waals surface area contributed by atoms with E-state index >= 15 is 0 Å². The molecule has 5 heteroatoms. The van der Waals surface area contributed by atoms with Gasteiger partial charge in [-0.25, -0.2) is 0 Å². The summed E-state index contributed by atoms with van der Waals surface area (Å²) in [5.74, 6) is 0.268. The third-order valence-electron chi connectivity index (χ3n) is 3.44. The first-order valence-corrected chi connectivity index (χ1v) is 7.85. The Balaban J connectivity index is 2.76. The smallest absolute Gasteiger partial charge is 0.120 e. The Hall–Kier alpha value is -0.810. The van der Waals surface area contributed by atoms with Crippen LogP contribution in [0.1, 0.15) is 32.4 Å². The van der Waals surface area contributed by atoms with Crippen LogP contribution in [0.3, 0.4) is 0 Å². The van der Waals surface area contributed by atoms with Crippen molar-refractivity contribution in [2.75, 3.05) is 39.5 Å². The van der Waals surface area contributed by atoms with Crippen molar-refractivity contribution in [2.24, 2.45) is 0 Å². The van der Waals surface area contributed by atoms with Gasteiger partial charge in [0.15, 0.2) is 0 Å². The average Bonchev–Trinajstić information content (AvgIpc) is 2.48. The predicted molar refractivity (Wildman–Crippen MR) is 86.1 cm³/mol. The van der Waals surface area contributed by atoms with Crippen molar-refractivity contribution >= 4 is 11.6 Å². The summed E-state index contributed by atoms with van der Waals surface area (Å²) in [7, 11) is 0. The van der Waals surface area contributed by atoms with E-state index in [4.69, 9.17) is 21.1 Å². The molecule has 4 nitrogen and oxygen atoms in total. The molecule has 0 saturated carbocycles. The molecule has 0 heterocycles. The van der Waals surface area contributed by atoms with Gasteiger partial charge in [-0.15, -0.1) is 0 Å². The summed E-state index contributed by atoms with van der Waals surface area (Å²) < 4.78 is 10.9. The van der Waals surface area contributed by atoms with Crippen LogP contribution in [0.15, 0.2) is 18.2 Å². The van der Waals surface area contributed by atoms with Crippen LogP contribution in [0.4, 0.5) is 0 Å². The van der Waals surface area contributed by atoms with Crippen molar-refractivity contribution in [3.8, 4) is 5.75 Å². The summed E-state index contributed by atoms with van der Waals surface area (Å²) in [6.45, 7) is 10.3. The Kier molecular flexibility index (Phi) is 8.69. The molecule has 120 valence electrons. The minimum absolute atomic E-state index is 0.0459. The molecule has 0 amide bonds. The number of hydrogen-bond acceptors (Lipinski definition) is 4. The highest BCUT2D eigenvalue weighted by atomic mass is 35.5. The molecule has 0 spiro atoms. The predicted octanol–water partition coefficient (Wildman–Crippen LogP) is 3.48. The maximum atomic E-state index is 10.0. The summed E-state index contributed by atoms with van der Waals surface area (Å²) in [6, 6.07) is 5.19. The normalized spacial score (nSPS) is 12.8. The first-order chi connectivity index (χ1) is 10.1. The number of aromatic hydroxyl groups is 1. The number of hydrogen-bond donors (Lipinski definition) is 1. The average molecular weight is 316 g/mol. The zero-order valence-corrected chi connectivity index (χ0v) is 13.9. The topological polar surface area (TPSA) is 41.9 Å². The molecule has 1 atom stereocenters. The molecule has 1 rings (SSSR count). The van der Waals surface area contributed by atoms with Gasteiger partial charge in [0.25, 0.3) is 0 Å². The largest absolute Gasteiger partial charge is 0.508 e. The number of halogens is 1. The minimum Gasteiger partial charge on any atom is -0.508 e. The molecule has 0 aliphatic carbocycles. The molecule has 0 aromatic heterocycles. The molecule has 1 aromatic rings. The van der Waals surface area contributed by atoms with E-state index in [0.29, 0.717) is 31.5 Å². The van der Waals surface area contributed by atoms with E-state index in [1.807, 2.05) is 19.9 Å². The van der Waals surface area contributed by atoms with E-state index in [0.717, 1.165) is 18.7 Å². The molecular weight excluding hydrogens is 290 g/mol. The molecule has 0 aliphatic rings. The first-order valence-electron chi connectivity index (χ1n) is 7.48. The highest BCUT2D eigenvalue weighted by Crippen LogP contribution is 2.30. The van der Waals surface area contributed by atoms with Crippen LogP contribution >= 0.6 is 11.6 Å². The Morgan fingerprint density at radius 1 is 1.14 bits per heavy atom. The fourth-order valence-electron chi connectivity index (χ4n) is 2.21. The summed E-state index contributed by atoms with van der Waals surface area (Å²) >= 11 is 6.04. The number of nitrogens with zero attached hydrogens (tertiary/aromatic N) is 1. The second kappa shape index (κ2) is 10.0. The van der Waals surface area contributed by atoms with Crippen molar-refractivity contribution in [3.63, 3.8) is 0 Å². The standard InChI is InChI=1S/C16H26ClNO3/c1-4-20-10-8-18(9-11-21-5-2)13(3)15-12-14(17)6-7-16(15)19/h6-7,12-13,19H,4-5,8-11H2,1-3H3. The SMILES string of the molecule is CCOCCN(CCOCC)C(C)c1cc(Cl)ccc1O. The number of phenolic OH excluding ortho intramolecular Hbond substituents is 1. The van der Waals surface area contributed by atoms with Crippen molar-refractivity contribution in [3.05, 3.63) is 28.8 Å². The van der Waals surface area contributed by atoms with E-state index in [1.54, 1.807) is 12.1 Å². The Morgan fingerprint density at radius 2 is 1.71 bits per heavy atom. The van der Waals surface area contributed by atoms with E-state index < -0.39 is 0 Å². The summed E-state index contributed by atoms with van der Waals surface area (Å²) in [4.78, 5) is 2.23. The van der Waals surface area contributed by atoms with E-state index in [1.165, 1.54) is 0 Å². The lowest BCUT2D eigenvalue weighted by atomic mass is 10.1. The first kappa shape index (κ1) is 18.2. The third-order valence-corrected chi connectivity index (χ3v) is 3.68. The second-order valence-electron chi connectivity index (χ2n) is 4.81. The van der Waals surface area contributed by atoms with Gasteiger partial charge in [0.1, 0.15) is 5.75 Å². The number of rotatable bonds is 10. The molecule has 1 N–H and O–H groups in total. The minimum atomic E-state index is 0.0459. The molecule has 0 radical (unpaired) electrons. The van der Waals surface area contributed by atoms with Gasteiger partial charge < -0.3 is 14.6 Å². The summed E-state index contributed by atoms with van der Waals surface area (Å²) in [5, 5.41) is 10.7. The number of phenols is 1. The Bertz CT molecular complexity index is 405. The van der Waals surface area contributed by atoms with Gasteiger partial charge in [0, 0.05) is 42.9 Å². The molecule has 21 heavy (non-hydrogen) atoms. The third kappa shape index (κ3) is 6.22. The van der Waals surface area contributed by atoms with Gasteiger partial charge in [0.2, 0.25) is 0 Å². The summed E-state index contributed by atoms with van der Waals surface area (Å²) in [5.41, 5.74) is 0.829. The van der Waals surface area contributed by atoms with Gasteiger partial charge in [-0.05, 0) is 39.0 Å². The van der Waals surface area contributed by atoms with Gasteiger partial charge in [0.05, 0.1) is 13.2 Å². The van der Waals surface area contributed by atoms with Gasteiger partial charge in [-0.3, -0.25) is 4.90 Å². The molecule has 0 bridgehead atoms. The fourth-order valence-corrected chi connectivity index (χ4v) is 2.39. The van der Waals surface area contributed by atoms with E-state index in [2.05, 4.69) is 11.8 Å². The highest BCUT2D eigenvalue weighted by molar-refractivity contribution is 6.30. The van der Waals surface area contributed by atoms with E-state index in [-0.39, 0.29) is 11.8 Å². The molecule has 0 saturated heterocycles. The zero-order valence-electron chi connectivity index (χ0n) is 13.1. The van der Waals surface area contributed by atoms with Crippen LogP contribution in [0.25, 0.3) is 0 Å². The lowest BCUT2D eigenvalue weighted by Gasteiger charge is -2.29. The fraction of sp³-hybridized carbons (Fsp3) is 0.625. The van der Waals surface area contributed by atoms with Crippen LogP contribution in [0.5, 0.6) is 5.75 Å². The van der Waals surface area contributed by atoms with Crippen LogP contribution < -0.4 is 0 Å². The van der Waals surface area contributed by atoms with Crippen LogP contribution in [-0.2, 0) is 9.47 Å². The maximum absolute atomic E-state index is 10.0. The van der Waals surface area contributed by atoms with Gasteiger partial charge in [-0.1, -0.05) is 11.6 Å². The van der Waals surface area contributed by atoms with Crippen molar-refractivity contribution < 1.29 is 14.6 Å². The molecule has 1 unspecified atom stereocenters. The molecule has 0 fully saturated rings. The zero-order chi connectivity index (χ0) is 15.7. The quantitative estimate of drug-likeness (QED) is 0.671. The molecular formula is C16H26ClNO3. The molecule has 1 aromatic carbocycles. The maximum Gasteiger partial charge on any atom is 0.120 e. The highest BCUT2D eigenvalue weighted by Gasteiger charge is 2.18. The van der Waals surface area contributed by atoms with Crippen molar-refractivity contribution in [1.29, 1.82) is 0 Å². The number of benzene rings is 1. The van der Waals surface area contributed by atoms with Crippen molar-refractivity contribution in [1.82, 2.24) is 4.90 Å².